The van der Waals surface area contributed by atoms with Crippen molar-refractivity contribution in [2.45, 2.75) is 20.8 Å². The van der Waals surface area contributed by atoms with Crippen molar-refractivity contribution >= 4 is 17.6 Å². The number of esters is 1. The summed E-state index contributed by atoms with van der Waals surface area (Å²) < 4.78 is 5.07. The smallest absolute Gasteiger partial charge is 0.361 e. The second-order valence-electron chi connectivity index (χ2n) is 6.20. The van der Waals surface area contributed by atoms with E-state index in [1.165, 1.54) is 4.80 Å². The van der Waals surface area contributed by atoms with Gasteiger partial charge in [0.2, 0.25) is 0 Å². The number of anilines is 1. The van der Waals surface area contributed by atoms with Gasteiger partial charge in [-0.1, -0.05) is 35.9 Å². The summed E-state index contributed by atoms with van der Waals surface area (Å²) >= 11 is 0. The van der Waals surface area contributed by atoms with E-state index in [1.807, 2.05) is 38.1 Å². The van der Waals surface area contributed by atoms with Crippen LogP contribution in [0.2, 0.25) is 0 Å². The highest BCUT2D eigenvalue weighted by molar-refractivity contribution is 5.95. The van der Waals surface area contributed by atoms with Crippen molar-refractivity contribution in [2.24, 2.45) is 0 Å². The first-order chi connectivity index (χ1) is 12.9. The lowest BCUT2D eigenvalue weighted by Gasteiger charge is -2.06. The maximum absolute atomic E-state index is 12.3. The molecule has 0 aliphatic carbocycles. The van der Waals surface area contributed by atoms with Crippen LogP contribution in [0.5, 0.6) is 0 Å². The van der Waals surface area contributed by atoms with Crippen molar-refractivity contribution in [3.8, 4) is 5.69 Å². The van der Waals surface area contributed by atoms with Crippen LogP contribution in [0.3, 0.4) is 0 Å². The molecule has 1 amide bonds. The molecule has 3 aromatic rings. The molecule has 0 fully saturated rings. The zero-order chi connectivity index (χ0) is 19.4. The molecule has 138 valence electrons. The van der Waals surface area contributed by atoms with E-state index in [4.69, 9.17) is 4.74 Å². The fourth-order valence-corrected chi connectivity index (χ4v) is 2.62. The van der Waals surface area contributed by atoms with Crippen molar-refractivity contribution in [1.29, 1.82) is 0 Å². The summed E-state index contributed by atoms with van der Waals surface area (Å²) in [6.07, 6.45) is 0. The molecule has 1 heterocycles. The Morgan fingerprint density at radius 1 is 1.04 bits per heavy atom. The van der Waals surface area contributed by atoms with Crippen LogP contribution in [0.1, 0.15) is 27.3 Å². The molecular formula is C20H20N4O3. The summed E-state index contributed by atoms with van der Waals surface area (Å²) in [4.78, 5) is 25.6. The van der Waals surface area contributed by atoms with Crippen LogP contribution in [0.25, 0.3) is 5.69 Å². The predicted molar refractivity (Wildman–Crippen MR) is 101 cm³/mol. The van der Waals surface area contributed by atoms with Gasteiger partial charge in [0, 0.05) is 5.69 Å². The molecule has 0 saturated heterocycles. The minimum Gasteiger partial charge on any atom is -0.451 e. The van der Waals surface area contributed by atoms with Gasteiger partial charge in [-0.15, -0.1) is 5.10 Å². The van der Waals surface area contributed by atoms with E-state index in [0.717, 1.165) is 16.8 Å². The van der Waals surface area contributed by atoms with Gasteiger partial charge in [-0.3, -0.25) is 4.79 Å². The third-order valence-corrected chi connectivity index (χ3v) is 3.94. The topological polar surface area (TPSA) is 86.1 Å². The fraction of sp³-hybridized carbons (Fsp3) is 0.200. The lowest BCUT2D eigenvalue weighted by molar-refractivity contribution is -0.119. The summed E-state index contributed by atoms with van der Waals surface area (Å²) in [5.74, 6) is -1.11. The third-order valence-electron chi connectivity index (χ3n) is 3.94. The number of carbonyl (C=O) groups excluding carboxylic acids is 2. The molecule has 0 spiro atoms. The molecule has 0 unspecified atom stereocenters. The minimum atomic E-state index is -0.688. The van der Waals surface area contributed by atoms with Crippen LogP contribution in [0, 0.1) is 20.8 Å². The number of benzene rings is 2. The number of nitrogens with one attached hydrogen (secondary N) is 1. The second kappa shape index (κ2) is 7.82. The monoisotopic (exact) mass is 364 g/mol. The van der Waals surface area contributed by atoms with Crippen molar-refractivity contribution in [1.82, 2.24) is 15.0 Å². The van der Waals surface area contributed by atoms with E-state index in [0.29, 0.717) is 11.4 Å². The predicted octanol–water partition coefficient (Wildman–Crippen LogP) is 2.99. The Balaban J connectivity index is 1.67. The van der Waals surface area contributed by atoms with Crippen LogP contribution in [0.15, 0.2) is 48.5 Å². The van der Waals surface area contributed by atoms with Gasteiger partial charge < -0.3 is 10.1 Å². The highest BCUT2D eigenvalue weighted by Crippen LogP contribution is 2.15. The first kappa shape index (κ1) is 18.3. The van der Waals surface area contributed by atoms with Gasteiger partial charge in [0.15, 0.2) is 12.3 Å². The van der Waals surface area contributed by atoms with Gasteiger partial charge in [0.05, 0.1) is 11.4 Å². The minimum absolute atomic E-state index is 0.0856. The maximum Gasteiger partial charge on any atom is 0.361 e. The Labute approximate surface area is 157 Å². The van der Waals surface area contributed by atoms with Crippen LogP contribution in [-0.4, -0.2) is 33.5 Å². The summed E-state index contributed by atoms with van der Waals surface area (Å²) in [6.45, 7) is 5.23. The van der Waals surface area contributed by atoms with Crippen molar-refractivity contribution < 1.29 is 14.3 Å². The summed E-state index contributed by atoms with van der Waals surface area (Å²) in [7, 11) is 0. The zero-order valence-electron chi connectivity index (χ0n) is 15.4. The Hall–Kier alpha value is -3.48. The van der Waals surface area contributed by atoms with Gasteiger partial charge in [-0.05, 0) is 44.5 Å². The molecule has 0 saturated carbocycles. The Kier molecular flexibility index (Phi) is 5.30. The van der Waals surface area contributed by atoms with E-state index in [1.54, 1.807) is 31.2 Å². The van der Waals surface area contributed by atoms with Crippen LogP contribution in [0.4, 0.5) is 5.69 Å². The standard InChI is InChI=1S/C20H20N4O3/c1-13-9-10-17(14(2)11-13)24-22-15(3)19(23-24)20(26)27-12-18(25)21-16-7-5-4-6-8-16/h4-11H,12H2,1-3H3,(H,21,25). The molecule has 7 nitrogen and oxygen atoms in total. The molecule has 27 heavy (non-hydrogen) atoms. The van der Waals surface area contributed by atoms with Crippen LogP contribution >= 0.6 is 0 Å². The molecule has 0 aliphatic heterocycles. The highest BCUT2D eigenvalue weighted by Gasteiger charge is 2.19. The molecule has 0 radical (unpaired) electrons. The average Bonchev–Trinajstić information content (AvgIpc) is 3.02. The SMILES string of the molecule is Cc1ccc(-n2nc(C)c(C(=O)OCC(=O)Nc3ccccc3)n2)c(C)c1. The number of carbonyl (C=O) groups is 2. The lowest BCUT2D eigenvalue weighted by Crippen LogP contribution is -2.21. The summed E-state index contributed by atoms with van der Waals surface area (Å²) in [5, 5.41) is 11.2. The quantitative estimate of drug-likeness (QED) is 0.704. The number of amides is 1. The number of aromatic nitrogens is 3. The molecule has 1 N–H and O–H groups in total. The first-order valence-electron chi connectivity index (χ1n) is 8.47. The fourth-order valence-electron chi connectivity index (χ4n) is 2.62. The second-order valence-corrected chi connectivity index (χ2v) is 6.20. The van der Waals surface area contributed by atoms with Crippen molar-refractivity contribution in [2.75, 3.05) is 11.9 Å². The first-order valence-corrected chi connectivity index (χ1v) is 8.47. The van der Waals surface area contributed by atoms with Crippen molar-refractivity contribution in [3.05, 3.63) is 71.0 Å². The highest BCUT2D eigenvalue weighted by atomic mass is 16.5. The van der Waals surface area contributed by atoms with Crippen LogP contribution < -0.4 is 5.32 Å². The molecule has 0 bridgehead atoms. The van der Waals surface area contributed by atoms with E-state index in [2.05, 4.69) is 15.5 Å². The molecular weight excluding hydrogens is 344 g/mol. The Morgan fingerprint density at radius 2 is 1.78 bits per heavy atom. The molecule has 7 heteroatoms. The van der Waals surface area contributed by atoms with Gasteiger partial charge in [-0.25, -0.2) is 4.79 Å². The molecule has 2 aromatic carbocycles. The van der Waals surface area contributed by atoms with Gasteiger partial charge in [-0.2, -0.15) is 9.90 Å². The summed E-state index contributed by atoms with van der Waals surface area (Å²) in [6, 6.07) is 14.8. The number of ether oxygens (including phenoxy) is 1. The van der Waals surface area contributed by atoms with Gasteiger partial charge in [0.1, 0.15) is 0 Å². The number of nitrogens with zero attached hydrogens (tertiary/aromatic N) is 3. The number of aryl methyl sites for hydroxylation is 3. The molecule has 3 rings (SSSR count). The number of rotatable bonds is 5. The third kappa shape index (κ3) is 4.38. The largest absolute Gasteiger partial charge is 0.451 e. The number of para-hydroxylation sites is 1. The molecule has 0 atom stereocenters. The normalized spacial score (nSPS) is 10.5. The zero-order valence-corrected chi connectivity index (χ0v) is 15.4. The Morgan fingerprint density at radius 3 is 2.48 bits per heavy atom. The summed E-state index contributed by atoms with van der Waals surface area (Å²) in [5.41, 5.74) is 4.06. The van der Waals surface area contributed by atoms with E-state index < -0.39 is 18.5 Å². The van der Waals surface area contributed by atoms with Crippen molar-refractivity contribution in [3.63, 3.8) is 0 Å². The average molecular weight is 364 g/mol. The lowest BCUT2D eigenvalue weighted by atomic mass is 10.1. The van der Waals surface area contributed by atoms with Gasteiger partial charge in [0.25, 0.3) is 5.91 Å². The Bertz CT molecular complexity index is 980. The van der Waals surface area contributed by atoms with Gasteiger partial charge >= 0.3 is 5.97 Å². The molecule has 1 aromatic heterocycles. The van der Waals surface area contributed by atoms with E-state index in [9.17, 15) is 9.59 Å². The molecule has 0 aliphatic rings. The number of hydrogen-bond acceptors (Lipinski definition) is 5. The van der Waals surface area contributed by atoms with E-state index >= 15 is 0 Å². The maximum atomic E-state index is 12.3. The number of hydrogen-bond donors (Lipinski definition) is 1. The van der Waals surface area contributed by atoms with E-state index in [-0.39, 0.29) is 5.69 Å². The van der Waals surface area contributed by atoms with Crippen LogP contribution in [-0.2, 0) is 9.53 Å².